The molecule has 0 aromatic carbocycles. The second-order valence-electron chi connectivity index (χ2n) is 4.20. The fourth-order valence-electron chi connectivity index (χ4n) is 2.66. The molecule has 1 aromatic rings. The summed E-state index contributed by atoms with van der Waals surface area (Å²) in [6.45, 7) is 3.00. The molecule has 0 amide bonds. The van der Waals surface area contributed by atoms with Crippen LogP contribution >= 0.6 is 0 Å². The molecule has 2 atom stereocenters. The van der Waals surface area contributed by atoms with Gasteiger partial charge in [-0.2, -0.15) is 0 Å². The lowest BCUT2D eigenvalue weighted by molar-refractivity contribution is 0.177. The highest BCUT2D eigenvalue weighted by atomic mass is 16.5. The second kappa shape index (κ2) is 3.07. The first kappa shape index (κ1) is 8.44. The minimum absolute atomic E-state index is 0.670. The first-order valence-corrected chi connectivity index (χ1v) is 5.12. The Morgan fingerprint density at radius 3 is 3.07 bits per heavy atom. The van der Waals surface area contributed by atoms with E-state index in [-0.39, 0.29) is 0 Å². The normalized spacial score (nSPS) is 34.5. The number of piperidine rings is 1. The summed E-state index contributed by atoms with van der Waals surface area (Å²) in [7, 11) is 1.73. The van der Waals surface area contributed by atoms with Gasteiger partial charge in [-0.15, -0.1) is 0 Å². The van der Waals surface area contributed by atoms with E-state index < -0.39 is 0 Å². The van der Waals surface area contributed by atoms with Gasteiger partial charge in [0.2, 0.25) is 0 Å². The number of hydrogen-bond donors (Lipinski definition) is 1. The molecule has 1 aliphatic heterocycles. The van der Waals surface area contributed by atoms with Crippen LogP contribution in [-0.4, -0.2) is 29.8 Å². The van der Waals surface area contributed by atoms with E-state index in [4.69, 9.17) is 4.74 Å². The molecule has 1 saturated heterocycles. The molecule has 2 aliphatic rings. The Hall–Kier alpha value is -0.870. The van der Waals surface area contributed by atoms with Gasteiger partial charge in [0.1, 0.15) is 0 Å². The Balaban J connectivity index is 1.80. The average molecular weight is 193 g/mol. The third-order valence-corrected chi connectivity index (χ3v) is 3.41. The minimum atomic E-state index is 0.670. The fourth-order valence-corrected chi connectivity index (χ4v) is 2.66. The van der Waals surface area contributed by atoms with Gasteiger partial charge >= 0.3 is 0 Å². The Labute approximate surface area is 83.3 Å². The predicted molar refractivity (Wildman–Crippen MR) is 51.8 cm³/mol. The lowest BCUT2D eigenvalue weighted by Gasteiger charge is -2.09. The first-order valence-electron chi connectivity index (χ1n) is 5.12. The number of methoxy groups -OCH3 is 1. The average Bonchev–Trinajstić information content (AvgIpc) is 2.63. The number of rotatable bonds is 3. The molecule has 3 rings (SSSR count). The van der Waals surface area contributed by atoms with Crippen LogP contribution in [0.5, 0.6) is 0 Å². The van der Waals surface area contributed by atoms with Gasteiger partial charge in [-0.25, -0.2) is 4.98 Å². The highest BCUT2D eigenvalue weighted by Gasteiger charge is 2.54. The van der Waals surface area contributed by atoms with Gasteiger partial charge in [0, 0.05) is 26.2 Å². The highest BCUT2D eigenvalue weighted by Crippen LogP contribution is 2.52. The van der Waals surface area contributed by atoms with E-state index in [9.17, 15) is 0 Å². The maximum atomic E-state index is 5.15. The van der Waals surface area contributed by atoms with Crippen LogP contribution in [0.25, 0.3) is 0 Å². The molecule has 2 unspecified atom stereocenters. The van der Waals surface area contributed by atoms with Crippen molar-refractivity contribution in [3.05, 3.63) is 18.2 Å². The van der Waals surface area contributed by atoms with Crippen LogP contribution in [0.15, 0.2) is 12.5 Å². The highest BCUT2D eigenvalue weighted by molar-refractivity contribution is 5.13. The van der Waals surface area contributed by atoms with Crippen LogP contribution in [0, 0.1) is 11.8 Å². The van der Waals surface area contributed by atoms with Crippen LogP contribution in [0.3, 0.4) is 0 Å². The third-order valence-electron chi connectivity index (χ3n) is 3.41. The van der Waals surface area contributed by atoms with Crippen molar-refractivity contribution in [1.29, 1.82) is 0 Å². The summed E-state index contributed by atoms with van der Waals surface area (Å²) in [6.07, 6.45) is 3.85. The van der Waals surface area contributed by atoms with E-state index in [1.807, 2.05) is 12.5 Å². The zero-order chi connectivity index (χ0) is 9.54. The second-order valence-corrected chi connectivity index (χ2v) is 4.20. The summed E-state index contributed by atoms with van der Waals surface area (Å²) in [5.74, 6) is 1.67. The summed E-state index contributed by atoms with van der Waals surface area (Å²) >= 11 is 0. The van der Waals surface area contributed by atoms with Crippen molar-refractivity contribution in [3.63, 3.8) is 0 Å². The van der Waals surface area contributed by atoms with E-state index in [1.165, 1.54) is 18.8 Å². The zero-order valence-corrected chi connectivity index (χ0v) is 8.31. The fraction of sp³-hybridized carbons (Fsp3) is 0.700. The first-order chi connectivity index (χ1) is 6.92. The maximum Gasteiger partial charge on any atom is 0.0951 e. The Morgan fingerprint density at radius 2 is 2.36 bits per heavy atom. The van der Waals surface area contributed by atoms with Crippen LogP contribution in [0.2, 0.25) is 0 Å². The van der Waals surface area contributed by atoms with Crippen molar-refractivity contribution in [2.75, 3.05) is 20.2 Å². The topological polar surface area (TPSA) is 39.1 Å². The van der Waals surface area contributed by atoms with E-state index in [1.54, 1.807) is 7.11 Å². The van der Waals surface area contributed by atoms with Gasteiger partial charge in [-0.3, -0.25) is 0 Å². The molecule has 1 aliphatic carbocycles. The monoisotopic (exact) mass is 193 g/mol. The van der Waals surface area contributed by atoms with Crippen molar-refractivity contribution in [3.8, 4) is 0 Å². The molecule has 4 nitrogen and oxygen atoms in total. The Bertz CT molecular complexity index is 326. The Morgan fingerprint density at radius 1 is 1.57 bits per heavy atom. The maximum absolute atomic E-state index is 5.15. The van der Waals surface area contributed by atoms with Crippen LogP contribution in [0.4, 0.5) is 0 Å². The quantitative estimate of drug-likeness (QED) is 0.756. The summed E-state index contributed by atoms with van der Waals surface area (Å²) in [5.41, 5.74) is 1.20. The van der Waals surface area contributed by atoms with E-state index >= 15 is 0 Å². The molecule has 0 spiro atoms. The standard InChI is InChI=1S/C10H15N3O/c1-14-5-7-2-12-6-13(7)10-8-3-11-4-9(8)10/h2,6,8-11H,3-5H2,1H3. The van der Waals surface area contributed by atoms with Gasteiger partial charge in [0.25, 0.3) is 0 Å². The number of imidazole rings is 1. The molecule has 1 aromatic heterocycles. The SMILES string of the molecule is COCc1cncn1C1C2CNCC21. The number of aromatic nitrogens is 2. The van der Waals surface area contributed by atoms with Crippen molar-refractivity contribution in [1.82, 2.24) is 14.9 Å². The van der Waals surface area contributed by atoms with Crippen LogP contribution in [0.1, 0.15) is 11.7 Å². The molecule has 2 fully saturated rings. The molecular formula is C10H15N3O. The summed E-state index contributed by atoms with van der Waals surface area (Å²) in [5, 5.41) is 3.40. The van der Waals surface area contributed by atoms with Gasteiger partial charge < -0.3 is 14.6 Å². The van der Waals surface area contributed by atoms with E-state index in [2.05, 4.69) is 14.9 Å². The van der Waals surface area contributed by atoms with Crippen molar-refractivity contribution >= 4 is 0 Å². The number of fused-ring (bicyclic) bond motifs is 1. The van der Waals surface area contributed by atoms with Gasteiger partial charge in [0.15, 0.2) is 0 Å². The Kier molecular flexibility index (Phi) is 1.85. The molecule has 2 heterocycles. The predicted octanol–water partition coefficient (Wildman–Crippen LogP) is 0.420. The molecule has 76 valence electrons. The van der Waals surface area contributed by atoms with E-state index in [0.717, 1.165) is 11.8 Å². The third kappa shape index (κ3) is 1.11. The number of ether oxygens (including phenoxy) is 1. The van der Waals surface area contributed by atoms with Crippen molar-refractivity contribution < 1.29 is 4.74 Å². The molecule has 1 N–H and O–H groups in total. The molecule has 0 radical (unpaired) electrons. The summed E-state index contributed by atoms with van der Waals surface area (Å²) in [4.78, 5) is 4.19. The van der Waals surface area contributed by atoms with E-state index in [0.29, 0.717) is 12.6 Å². The molecule has 14 heavy (non-hydrogen) atoms. The van der Waals surface area contributed by atoms with Gasteiger partial charge in [-0.05, 0) is 11.8 Å². The molecule has 4 heteroatoms. The number of nitrogens with one attached hydrogen (secondary N) is 1. The summed E-state index contributed by atoms with van der Waals surface area (Å²) in [6, 6.07) is 0.684. The molecule has 0 bridgehead atoms. The molecule has 1 saturated carbocycles. The zero-order valence-electron chi connectivity index (χ0n) is 8.31. The molecular weight excluding hydrogens is 178 g/mol. The van der Waals surface area contributed by atoms with Crippen LogP contribution in [-0.2, 0) is 11.3 Å². The minimum Gasteiger partial charge on any atom is -0.378 e. The largest absolute Gasteiger partial charge is 0.378 e. The van der Waals surface area contributed by atoms with Gasteiger partial charge in [0.05, 0.1) is 24.8 Å². The van der Waals surface area contributed by atoms with Crippen LogP contribution < -0.4 is 5.32 Å². The van der Waals surface area contributed by atoms with Crippen molar-refractivity contribution in [2.45, 2.75) is 12.6 Å². The van der Waals surface area contributed by atoms with Gasteiger partial charge in [-0.1, -0.05) is 0 Å². The number of hydrogen-bond acceptors (Lipinski definition) is 3. The lowest BCUT2D eigenvalue weighted by Crippen LogP contribution is -2.17. The summed E-state index contributed by atoms with van der Waals surface area (Å²) < 4.78 is 7.44. The smallest absolute Gasteiger partial charge is 0.0951 e. The number of nitrogens with zero attached hydrogens (tertiary/aromatic N) is 2. The lowest BCUT2D eigenvalue weighted by atomic mass is 10.4. The van der Waals surface area contributed by atoms with Crippen molar-refractivity contribution in [2.24, 2.45) is 11.8 Å².